The van der Waals surface area contributed by atoms with Gasteiger partial charge in [0.25, 0.3) is 5.92 Å². The van der Waals surface area contributed by atoms with Crippen LogP contribution < -0.4 is 10.2 Å². The van der Waals surface area contributed by atoms with Crippen molar-refractivity contribution in [1.82, 2.24) is 29.9 Å². The lowest BCUT2D eigenvalue weighted by Crippen LogP contribution is -2.47. The lowest BCUT2D eigenvalue weighted by molar-refractivity contribution is 0.0257. The topological polar surface area (TPSA) is 95.0 Å². The first-order valence-corrected chi connectivity index (χ1v) is 12.9. The summed E-state index contributed by atoms with van der Waals surface area (Å²) in [5.41, 5.74) is 2.65. The molecular formula is C25H32F2N8O. The quantitative estimate of drug-likeness (QED) is 0.523. The van der Waals surface area contributed by atoms with Crippen LogP contribution in [0.4, 0.5) is 25.1 Å². The first kappa shape index (κ1) is 23.2. The number of halogens is 2. The van der Waals surface area contributed by atoms with Crippen LogP contribution in [0, 0.1) is 5.92 Å². The maximum absolute atomic E-state index is 13.9. The summed E-state index contributed by atoms with van der Waals surface area (Å²) >= 11 is 0. The van der Waals surface area contributed by atoms with Crippen LogP contribution in [0.15, 0.2) is 18.5 Å². The number of carbonyl (C=O) groups is 1. The number of aromatic nitrogens is 5. The Morgan fingerprint density at radius 1 is 1.17 bits per heavy atom. The highest BCUT2D eigenvalue weighted by atomic mass is 19.3. The molecule has 6 rings (SSSR count). The van der Waals surface area contributed by atoms with Crippen molar-refractivity contribution in [3.05, 3.63) is 18.5 Å². The van der Waals surface area contributed by atoms with Crippen molar-refractivity contribution in [2.45, 2.75) is 70.4 Å². The number of carbonyl (C=O) groups excluding carboxylic acids is 1. The van der Waals surface area contributed by atoms with E-state index in [2.05, 4.69) is 34.3 Å². The monoisotopic (exact) mass is 498 g/mol. The Balaban J connectivity index is 1.32. The summed E-state index contributed by atoms with van der Waals surface area (Å²) < 4.78 is 29.8. The molecule has 9 nitrogen and oxygen atoms in total. The highest BCUT2D eigenvalue weighted by Crippen LogP contribution is 2.48. The Labute approximate surface area is 208 Å². The fourth-order valence-corrected chi connectivity index (χ4v) is 5.66. The van der Waals surface area contributed by atoms with E-state index in [0.717, 1.165) is 43.1 Å². The number of amides is 2. The van der Waals surface area contributed by atoms with E-state index in [0.29, 0.717) is 35.4 Å². The van der Waals surface area contributed by atoms with Gasteiger partial charge in [0.05, 0.1) is 35.0 Å². The molecule has 3 fully saturated rings. The SMILES string of the molecule is CC(C)Cn1nc(N2CCC(F)(F)C2)c2cnc(-c3[nH]ncc3NC(=O)N3CCCCC34CC4)cc21. The van der Waals surface area contributed by atoms with Crippen molar-refractivity contribution in [2.24, 2.45) is 5.92 Å². The van der Waals surface area contributed by atoms with Crippen LogP contribution >= 0.6 is 0 Å². The van der Waals surface area contributed by atoms with E-state index in [-0.39, 0.29) is 31.1 Å². The summed E-state index contributed by atoms with van der Waals surface area (Å²) in [6.45, 7) is 5.53. The average molecular weight is 499 g/mol. The van der Waals surface area contributed by atoms with Crippen molar-refractivity contribution < 1.29 is 13.6 Å². The molecule has 1 aliphatic carbocycles. The molecule has 0 aromatic carbocycles. The number of nitrogens with zero attached hydrogens (tertiary/aromatic N) is 6. The van der Waals surface area contributed by atoms with Gasteiger partial charge in [0.15, 0.2) is 5.82 Å². The number of nitrogens with one attached hydrogen (secondary N) is 2. The zero-order valence-corrected chi connectivity index (χ0v) is 20.7. The molecule has 5 heterocycles. The van der Waals surface area contributed by atoms with E-state index in [1.54, 1.807) is 17.3 Å². The molecule has 36 heavy (non-hydrogen) atoms. The molecule has 0 radical (unpaired) electrons. The highest BCUT2D eigenvalue weighted by molar-refractivity contribution is 5.96. The first-order valence-electron chi connectivity index (χ1n) is 12.9. The van der Waals surface area contributed by atoms with Gasteiger partial charge in [-0.1, -0.05) is 13.8 Å². The van der Waals surface area contributed by atoms with Crippen molar-refractivity contribution in [3.63, 3.8) is 0 Å². The fourth-order valence-electron chi connectivity index (χ4n) is 5.66. The molecule has 2 N–H and O–H groups in total. The molecule has 3 aliphatic rings. The second-order valence-electron chi connectivity index (χ2n) is 10.9. The molecule has 3 aromatic heterocycles. The van der Waals surface area contributed by atoms with E-state index in [1.807, 2.05) is 15.6 Å². The van der Waals surface area contributed by atoms with E-state index in [9.17, 15) is 13.6 Å². The van der Waals surface area contributed by atoms with E-state index in [4.69, 9.17) is 5.10 Å². The van der Waals surface area contributed by atoms with Gasteiger partial charge in [-0.3, -0.25) is 14.8 Å². The normalized spacial score (nSPS) is 20.6. The third-order valence-electron chi connectivity index (χ3n) is 7.68. The Kier molecular flexibility index (Phi) is 5.42. The molecule has 2 saturated heterocycles. The minimum absolute atomic E-state index is 0.0372. The molecule has 2 aliphatic heterocycles. The molecule has 0 unspecified atom stereocenters. The summed E-state index contributed by atoms with van der Waals surface area (Å²) in [6, 6.07) is 1.80. The lowest BCUT2D eigenvalue weighted by atomic mass is 10.0. The number of likely N-dealkylation sites (tertiary alicyclic amines) is 1. The minimum Gasteiger partial charge on any atom is -0.348 e. The Morgan fingerprint density at radius 2 is 2.00 bits per heavy atom. The van der Waals surface area contributed by atoms with Gasteiger partial charge in [-0.05, 0) is 44.1 Å². The molecular weight excluding hydrogens is 466 g/mol. The maximum Gasteiger partial charge on any atom is 0.322 e. The van der Waals surface area contributed by atoms with E-state index in [1.165, 1.54) is 6.42 Å². The van der Waals surface area contributed by atoms with Gasteiger partial charge in [0.2, 0.25) is 0 Å². The number of aromatic amines is 1. The van der Waals surface area contributed by atoms with Crippen LogP contribution in [0.1, 0.15) is 52.4 Å². The van der Waals surface area contributed by atoms with Crippen LogP contribution in [-0.4, -0.2) is 67.0 Å². The lowest BCUT2D eigenvalue weighted by Gasteiger charge is -2.36. The first-order chi connectivity index (χ1) is 17.2. The van der Waals surface area contributed by atoms with Gasteiger partial charge >= 0.3 is 6.03 Å². The number of rotatable bonds is 5. The van der Waals surface area contributed by atoms with Crippen LogP contribution in [0.25, 0.3) is 22.3 Å². The van der Waals surface area contributed by atoms with Crippen LogP contribution in [-0.2, 0) is 6.54 Å². The molecule has 1 saturated carbocycles. The Hall–Kier alpha value is -3.24. The smallest absolute Gasteiger partial charge is 0.322 e. The zero-order valence-electron chi connectivity index (χ0n) is 20.7. The highest BCUT2D eigenvalue weighted by Gasteiger charge is 2.51. The average Bonchev–Trinajstić information content (AvgIpc) is 3.16. The summed E-state index contributed by atoms with van der Waals surface area (Å²) in [5.74, 6) is -1.85. The zero-order chi connectivity index (χ0) is 25.1. The van der Waals surface area contributed by atoms with Crippen molar-refractivity contribution in [3.8, 4) is 11.4 Å². The van der Waals surface area contributed by atoms with Gasteiger partial charge in [-0.15, -0.1) is 0 Å². The van der Waals surface area contributed by atoms with Gasteiger partial charge in [0, 0.05) is 37.8 Å². The number of H-pyrrole nitrogens is 1. The predicted molar refractivity (Wildman–Crippen MR) is 133 cm³/mol. The van der Waals surface area contributed by atoms with Crippen LogP contribution in [0.2, 0.25) is 0 Å². The summed E-state index contributed by atoms with van der Waals surface area (Å²) in [4.78, 5) is 21.4. The molecule has 1 spiro atoms. The number of urea groups is 1. The van der Waals surface area contributed by atoms with Crippen molar-refractivity contribution >= 4 is 28.4 Å². The molecule has 192 valence electrons. The largest absolute Gasteiger partial charge is 0.348 e. The Bertz CT molecular complexity index is 1290. The van der Waals surface area contributed by atoms with Gasteiger partial charge in [0.1, 0.15) is 5.69 Å². The standard InChI is InChI=1S/C25H32F2N8O/c1-16(2)14-35-20-11-18(28-12-17(20)22(32-35)33-10-8-25(26,27)15-33)21-19(13-29-31-21)30-23(36)34-9-4-3-5-24(34)6-7-24/h11-13,16H,3-10,14-15H2,1-2H3,(H,29,31)(H,30,36). The molecule has 0 atom stereocenters. The summed E-state index contributed by atoms with van der Waals surface area (Å²) in [5, 5.41) is 15.7. The van der Waals surface area contributed by atoms with E-state index >= 15 is 0 Å². The molecule has 2 amide bonds. The number of anilines is 2. The van der Waals surface area contributed by atoms with Crippen LogP contribution in [0.5, 0.6) is 0 Å². The molecule has 11 heteroatoms. The number of alkyl halides is 2. The summed E-state index contributed by atoms with van der Waals surface area (Å²) in [7, 11) is 0. The number of pyridine rings is 1. The van der Waals surface area contributed by atoms with Crippen LogP contribution in [0.3, 0.4) is 0 Å². The van der Waals surface area contributed by atoms with Crippen molar-refractivity contribution in [1.29, 1.82) is 0 Å². The maximum atomic E-state index is 13.9. The van der Waals surface area contributed by atoms with Gasteiger partial charge in [-0.25, -0.2) is 13.6 Å². The minimum atomic E-state index is -2.71. The molecule has 0 bridgehead atoms. The second kappa shape index (κ2) is 8.41. The number of fused-ring (bicyclic) bond motifs is 1. The van der Waals surface area contributed by atoms with Gasteiger partial charge < -0.3 is 15.1 Å². The fraction of sp³-hybridized carbons (Fsp3) is 0.600. The number of hydrogen-bond acceptors (Lipinski definition) is 5. The molecule has 3 aromatic rings. The predicted octanol–water partition coefficient (Wildman–Crippen LogP) is 4.87. The van der Waals surface area contributed by atoms with Gasteiger partial charge in [-0.2, -0.15) is 10.2 Å². The summed E-state index contributed by atoms with van der Waals surface area (Å²) in [6.07, 6.45) is 8.53. The third kappa shape index (κ3) is 4.08. The second-order valence-corrected chi connectivity index (χ2v) is 10.9. The van der Waals surface area contributed by atoms with E-state index < -0.39 is 5.92 Å². The van der Waals surface area contributed by atoms with Crippen molar-refractivity contribution in [2.75, 3.05) is 29.9 Å². The number of piperidine rings is 1. The third-order valence-corrected chi connectivity index (χ3v) is 7.68. The number of hydrogen-bond donors (Lipinski definition) is 2. The Morgan fingerprint density at radius 3 is 2.72 bits per heavy atom.